The fraction of sp³-hybridized carbons (Fsp3) is 0.381. The molecule has 1 fully saturated rings. The van der Waals surface area contributed by atoms with Crippen LogP contribution in [0.25, 0.3) is 0 Å². The van der Waals surface area contributed by atoms with Gasteiger partial charge in [0.25, 0.3) is 0 Å². The molecule has 0 aliphatic carbocycles. The van der Waals surface area contributed by atoms with Crippen molar-refractivity contribution in [3.8, 4) is 5.75 Å². The van der Waals surface area contributed by atoms with E-state index in [1.54, 1.807) is 24.3 Å². The highest BCUT2D eigenvalue weighted by atomic mass is 35.5. The molecule has 2 aromatic rings. The molecule has 29 heavy (non-hydrogen) atoms. The van der Waals surface area contributed by atoms with Crippen LogP contribution in [0.5, 0.6) is 5.75 Å². The zero-order valence-corrected chi connectivity index (χ0v) is 17.2. The number of carbonyl (C=O) groups excluding carboxylic acids is 1. The van der Waals surface area contributed by atoms with E-state index in [9.17, 15) is 9.90 Å². The Morgan fingerprint density at radius 3 is 2.55 bits per heavy atom. The van der Waals surface area contributed by atoms with E-state index in [0.29, 0.717) is 24.0 Å². The van der Waals surface area contributed by atoms with Crippen LogP contribution in [0.2, 0.25) is 5.02 Å². The maximum Gasteiger partial charge on any atom is 0.316 e. The first-order valence-electron chi connectivity index (χ1n) is 9.62. The monoisotopic (exact) mass is 418 g/mol. The summed E-state index contributed by atoms with van der Waals surface area (Å²) in [5.41, 5.74) is 6.84. The number of anilines is 2. The van der Waals surface area contributed by atoms with E-state index in [0.717, 1.165) is 24.7 Å². The minimum absolute atomic E-state index is 0.201. The number of hydrogen-bond donors (Lipinski definition) is 3. The van der Waals surface area contributed by atoms with Crippen molar-refractivity contribution < 1.29 is 14.6 Å². The molecule has 2 amide bonds. The number of hydrogen-bond acceptors (Lipinski definition) is 5. The Bertz CT molecular complexity index is 801. The van der Waals surface area contributed by atoms with Gasteiger partial charge in [-0.25, -0.2) is 4.79 Å². The molecule has 156 valence electrons. The van der Waals surface area contributed by atoms with Crippen LogP contribution in [0, 0.1) is 0 Å². The van der Waals surface area contributed by atoms with Gasteiger partial charge in [-0.2, -0.15) is 0 Å². The number of nitrogens with zero attached hydrogens (tertiary/aromatic N) is 2. The predicted molar refractivity (Wildman–Crippen MR) is 116 cm³/mol. The molecule has 0 spiro atoms. The van der Waals surface area contributed by atoms with Crippen LogP contribution in [0.1, 0.15) is 6.92 Å². The summed E-state index contributed by atoms with van der Waals surface area (Å²) in [6.07, 6.45) is -0.594. The zero-order chi connectivity index (χ0) is 20.8. The number of aliphatic hydroxyl groups is 1. The largest absolute Gasteiger partial charge is 0.491 e. The molecule has 1 unspecified atom stereocenters. The number of nitrogens with two attached hydrogens (primary N) is 1. The van der Waals surface area contributed by atoms with Crippen LogP contribution in [-0.2, 0) is 0 Å². The van der Waals surface area contributed by atoms with Crippen LogP contribution in [0.15, 0.2) is 48.5 Å². The minimum atomic E-state index is -0.612. The van der Waals surface area contributed by atoms with E-state index in [-0.39, 0.29) is 6.61 Å². The molecule has 2 aromatic carbocycles. The Balaban J connectivity index is 1.44. The molecule has 0 radical (unpaired) electrons. The normalized spacial score (nSPS) is 18.3. The van der Waals surface area contributed by atoms with Gasteiger partial charge in [0, 0.05) is 48.6 Å². The Morgan fingerprint density at radius 1 is 1.24 bits per heavy atom. The van der Waals surface area contributed by atoms with Gasteiger partial charge in [-0.3, -0.25) is 4.90 Å². The third-order valence-electron chi connectivity index (χ3n) is 4.97. The average molecular weight is 419 g/mol. The Kier molecular flexibility index (Phi) is 7.19. The van der Waals surface area contributed by atoms with E-state index < -0.39 is 12.1 Å². The van der Waals surface area contributed by atoms with Crippen LogP contribution in [0.3, 0.4) is 0 Å². The fourth-order valence-corrected chi connectivity index (χ4v) is 3.57. The van der Waals surface area contributed by atoms with Crippen LogP contribution in [-0.4, -0.2) is 61.0 Å². The number of primary amides is 1. The van der Waals surface area contributed by atoms with Gasteiger partial charge in [-0.15, -0.1) is 0 Å². The molecule has 1 aliphatic heterocycles. The quantitative estimate of drug-likeness (QED) is 0.643. The molecule has 4 N–H and O–H groups in total. The maximum atomic E-state index is 10.8. The zero-order valence-electron chi connectivity index (χ0n) is 16.4. The van der Waals surface area contributed by atoms with Crippen molar-refractivity contribution in [1.82, 2.24) is 4.90 Å². The standard InChI is InChI=1S/C21H27ClN4O3/c1-15-12-26(18-6-2-16(22)3-7-18)11-10-25(15)13-19(27)14-29-20-8-4-17(5-9-20)24-21(23)28/h2-9,15,19,27H,10-14H2,1H3,(H3,23,24,28)/t15-,19?/m1/s1. The summed E-state index contributed by atoms with van der Waals surface area (Å²) in [5.74, 6) is 0.625. The summed E-state index contributed by atoms with van der Waals surface area (Å²) < 4.78 is 5.66. The molecule has 1 heterocycles. The lowest BCUT2D eigenvalue weighted by atomic mass is 10.1. The summed E-state index contributed by atoms with van der Waals surface area (Å²) in [4.78, 5) is 15.4. The molecule has 1 aliphatic rings. The summed E-state index contributed by atoms with van der Waals surface area (Å²) in [6, 6.07) is 14.4. The smallest absolute Gasteiger partial charge is 0.316 e. The minimum Gasteiger partial charge on any atom is -0.491 e. The molecule has 1 saturated heterocycles. The first kappa shape index (κ1) is 21.2. The highest BCUT2D eigenvalue weighted by Crippen LogP contribution is 2.22. The number of ether oxygens (including phenoxy) is 1. The van der Waals surface area contributed by atoms with Gasteiger partial charge in [0.05, 0.1) is 0 Å². The molecule has 0 aromatic heterocycles. The SMILES string of the molecule is C[C@@H]1CN(c2ccc(Cl)cc2)CCN1CC(O)COc1ccc(NC(N)=O)cc1. The van der Waals surface area contributed by atoms with Crippen molar-refractivity contribution in [3.05, 3.63) is 53.6 Å². The second-order valence-corrected chi connectivity index (χ2v) is 7.68. The Labute approximate surface area is 176 Å². The number of halogens is 1. The van der Waals surface area contributed by atoms with Crippen LogP contribution in [0.4, 0.5) is 16.2 Å². The van der Waals surface area contributed by atoms with Gasteiger partial charge in [0.15, 0.2) is 0 Å². The first-order valence-corrected chi connectivity index (χ1v) is 10.0. The fourth-order valence-electron chi connectivity index (χ4n) is 3.45. The lowest BCUT2D eigenvalue weighted by Gasteiger charge is -2.41. The first-order chi connectivity index (χ1) is 13.9. The number of carbonyl (C=O) groups is 1. The molecule has 2 atom stereocenters. The van der Waals surface area contributed by atoms with Gasteiger partial charge >= 0.3 is 6.03 Å². The van der Waals surface area contributed by atoms with Crippen molar-refractivity contribution >= 4 is 29.0 Å². The average Bonchev–Trinajstić information content (AvgIpc) is 2.69. The van der Waals surface area contributed by atoms with Gasteiger partial charge in [-0.1, -0.05) is 11.6 Å². The van der Waals surface area contributed by atoms with Gasteiger partial charge < -0.3 is 25.8 Å². The predicted octanol–water partition coefficient (Wildman–Crippen LogP) is 2.78. The number of nitrogens with one attached hydrogen (secondary N) is 1. The van der Waals surface area contributed by atoms with E-state index in [4.69, 9.17) is 22.1 Å². The van der Waals surface area contributed by atoms with Crippen LogP contribution < -0.4 is 20.7 Å². The molecular weight excluding hydrogens is 392 g/mol. The van der Waals surface area contributed by atoms with Gasteiger partial charge in [0.2, 0.25) is 0 Å². The third-order valence-corrected chi connectivity index (χ3v) is 5.22. The maximum absolute atomic E-state index is 10.8. The topological polar surface area (TPSA) is 91.1 Å². The lowest BCUT2D eigenvalue weighted by Crippen LogP contribution is -2.54. The summed E-state index contributed by atoms with van der Waals surface area (Å²) in [5, 5.41) is 13.6. The molecule has 0 saturated carbocycles. The Morgan fingerprint density at radius 2 is 1.93 bits per heavy atom. The lowest BCUT2D eigenvalue weighted by molar-refractivity contribution is 0.0512. The van der Waals surface area contributed by atoms with Crippen molar-refractivity contribution in [2.75, 3.05) is 43.0 Å². The number of urea groups is 1. The van der Waals surface area contributed by atoms with Crippen molar-refractivity contribution in [2.45, 2.75) is 19.1 Å². The van der Waals surface area contributed by atoms with Crippen molar-refractivity contribution in [2.24, 2.45) is 5.73 Å². The van der Waals surface area contributed by atoms with Gasteiger partial charge in [-0.05, 0) is 55.5 Å². The number of benzene rings is 2. The number of aliphatic hydroxyl groups excluding tert-OH is 1. The van der Waals surface area contributed by atoms with Gasteiger partial charge in [0.1, 0.15) is 18.5 Å². The molecule has 3 rings (SSSR count). The highest BCUT2D eigenvalue weighted by Gasteiger charge is 2.25. The second-order valence-electron chi connectivity index (χ2n) is 7.24. The van der Waals surface area contributed by atoms with Crippen LogP contribution >= 0.6 is 11.6 Å². The van der Waals surface area contributed by atoms with Crippen molar-refractivity contribution in [3.63, 3.8) is 0 Å². The molecule has 8 heteroatoms. The van der Waals surface area contributed by atoms with E-state index in [1.807, 2.05) is 24.3 Å². The highest BCUT2D eigenvalue weighted by molar-refractivity contribution is 6.30. The molecular formula is C21H27ClN4O3. The Hall–Kier alpha value is -2.48. The summed E-state index contributed by atoms with van der Waals surface area (Å²) in [6.45, 7) is 5.58. The van der Waals surface area contributed by atoms with E-state index >= 15 is 0 Å². The van der Waals surface area contributed by atoms with Crippen molar-refractivity contribution in [1.29, 1.82) is 0 Å². The molecule has 0 bridgehead atoms. The van der Waals surface area contributed by atoms with E-state index in [1.165, 1.54) is 5.69 Å². The van der Waals surface area contributed by atoms with E-state index in [2.05, 4.69) is 22.0 Å². The number of amides is 2. The molecule has 7 nitrogen and oxygen atoms in total. The summed E-state index contributed by atoms with van der Waals surface area (Å²) >= 11 is 5.97. The number of β-amino-alcohol motifs (C(OH)–C–C–N with tert-alkyl or cyclic N) is 1. The third kappa shape index (κ3) is 6.25. The number of rotatable bonds is 7. The summed E-state index contributed by atoms with van der Waals surface area (Å²) in [7, 11) is 0. The second kappa shape index (κ2) is 9.82. The number of piperazine rings is 1.